The molecule has 4 nitrogen and oxygen atoms in total. The smallest absolute Gasteiger partial charge is 0.226 e. The van der Waals surface area contributed by atoms with Crippen molar-refractivity contribution in [1.82, 2.24) is 9.88 Å². The number of aliphatic hydroxyl groups excluding tert-OH is 1. The summed E-state index contributed by atoms with van der Waals surface area (Å²) in [5, 5.41) is 9.65. The maximum absolute atomic E-state index is 9.65. The molecule has 4 heteroatoms. The van der Waals surface area contributed by atoms with Gasteiger partial charge in [0.05, 0.1) is 5.69 Å². The highest BCUT2D eigenvalue weighted by atomic mass is 16.4. The van der Waals surface area contributed by atoms with Crippen LogP contribution in [0.15, 0.2) is 34.7 Å². The molecule has 1 aliphatic rings. The van der Waals surface area contributed by atoms with E-state index in [0.717, 1.165) is 55.9 Å². The van der Waals surface area contributed by atoms with Gasteiger partial charge in [0.2, 0.25) is 5.89 Å². The number of aromatic nitrogens is 1. The fourth-order valence-corrected chi connectivity index (χ4v) is 3.30. The number of piperidine rings is 1. The highest BCUT2D eigenvalue weighted by Crippen LogP contribution is 2.34. The molecule has 2 heterocycles. The van der Waals surface area contributed by atoms with E-state index in [0.29, 0.717) is 12.5 Å². The molecule has 23 heavy (non-hydrogen) atoms. The van der Waals surface area contributed by atoms with Gasteiger partial charge in [-0.05, 0) is 56.8 Å². The van der Waals surface area contributed by atoms with Crippen molar-refractivity contribution in [1.29, 1.82) is 0 Å². The molecule has 0 aliphatic carbocycles. The largest absolute Gasteiger partial charge is 0.441 e. The van der Waals surface area contributed by atoms with Gasteiger partial charge in [-0.2, -0.15) is 0 Å². The second-order valence-electron chi connectivity index (χ2n) is 6.68. The van der Waals surface area contributed by atoms with E-state index in [1.165, 1.54) is 0 Å². The average Bonchev–Trinajstić information content (AvgIpc) is 2.97. The first-order chi connectivity index (χ1) is 11.2. The molecule has 1 N–H and O–H groups in total. The molecule has 0 unspecified atom stereocenters. The van der Waals surface area contributed by atoms with E-state index in [2.05, 4.69) is 11.8 Å². The van der Waals surface area contributed by atoms with Gasteiger partial charge in [0.15, 0.2) is 0 Å². The van der Waals surface area contributed by atoms with Crippen molar-refractivity contribution in [2.24, 2.45) is 5.41 Å². The minimum atomic E-state index is 0.130. The van der Waals surface area contributed by atoms with Crippen LogP contribution in [0.3, 0.4) is 0 Å². The highest BCUT2D eigenvalue weighted by Gasteiger charge is 2.32. The Labute approximate surface area is 138 Å². The minimum absolute atomic E-state index is 0.130. The maximum Gasteiger partial charge on any atom is 0.226 e. The number of benzene rings is 1. The first-order valence-corrected chi connectivity index (χ1v) is 8.51. The molecular formula is C19H26N2O2. The Kier molecular flexibility index (Phi) is 4.83. The number of hydrogen-bond donors (Lipinski definition) is 1. The van der Waals surface area contributed by atoms with Gasteiger partial charge in [-0.25, -0.2) is 4.98 Å². The van der Waals surface area contributed by atoms with Gasteiger partial charge in [0.1, 0.15) is 5.76 Å². The standard InChI is InChI=1S/C19H26N2O2/c1-3-19(14-22)9-11-21(12-10-19)13-17-15(2)23-18(20-17)16-7-5-4-6-8-16/h4-8,22H,3,9-14H2,1-2H3. The Balaban J connectivity index is 1.67. The van der Waals surface area contributed by atoms with Crippen molar-refractivity contribution in [2.45, 2.75) is 39.7 Å². The van der Waals surface area contributed by atoms with Gasteiger partial charge < -0.3 is 9.52 Å². The normalized spacial score (nSPS) is 18.2. The van der Waals surface area contributed by atoms with Gasteiger partial charge in [-0.15, -0.1) is 0 Å². The van der Waals surface area contributed by atoms with Gasteiger partial charge in [-0.3, -0.25) is 4.90 Å². The van der Waals surface area contributed by atoms with Crippen LogP contribution in [0, 0.1) is 12.3 Å². The van der Waals surface area contributed by atoms with Crippen molar-refractivity contribution in [3.63, 3.8) is 0 Å². The van der Waals surface area contributed by atoms with E-state index in [4.69, 9.17) is 9.40 Å². The lowest BCUT2D eigenvalue weighted by molar-refractivity contribution is 0.0377. The molecule has 0 spiro atoms. The molecule has 1 saturated heterocycles. The second-order valence-corrected chi connectivity index (χ2v) is 6.68. The molecule has 0 atom stereocenters. The van der Waals surface area contributed by atoms with Crippen molar-refractivity contribution in [3.8, 4) is 11.5 Å². The number of oxazole rings is 1. The topological polar surface area (TPSA) is 49.5 Å². The summed E-state index contributed by atoms with van der Waals surface area (Å²) in [5.41, 5.74) is 2.17. The zero-order valence-corrected chi connectivity index (χ0v) is 14.1. The lowest BCUT2D eigenvalue weighted by atomic mass is 9.77. The first kappa shape index (κ1) is 16.2. The number of rotatable bonds is 5. The summed E-state index contributed by atoms with van der Waals surface area (Å²) in [4.78, 5) is 7.11. The van der Waals surface area contributed by atoms with Crippen LogP contribution in [0.4, 0.5) is 0 Å². The summed E-state index contributed by atoms with van der Waals surface area (Å²) in [5.74, 6) is 1.60. The first-order valence-electron chi connectivity index (χ1n) is 8.51. The molecule has 0 saturated carbocycles. The monoisotopic (exact) mass is 314 g/mol. The van der Waals surface area contributed by atoms with Crippen LogP contribution in [0.2, 0.25) is 0 Å². The summed E-state index contributed by atoms with van der Waals surface area (Å²) in [6.45, 7) is 7.33. The van der Waals surface area contributed by atoms with Gasteiger partial charge in [-0.1, -0.05) is 25.1 Å². The van der Waals surface area contributed by atoms with E-state index in [1.54, 1.807) is 0 Å². The van der Waals surface area contributed by atoms with E-state index >= 15 is 0 Å². The highest BCUT2D eigenvalue weighted by molar-refractivity contribution is 5.53. The van der Waals surface area contributed by atoms with Gasteiger partial charge in [0, 0.05) is 18.7 Å². The third-order valence-electron chi connectivity index (χ3n) is 5.29. The van der Waals surface area contributed by atoms with E-state index in [9.17, 15) is 5.11 Å². The molecule has 2 aromatic rings. The zero-order chi connectivity index (χ0) is 16.3. The lowest BCUT2D eigenvalue weighted by Crippen LogP contribution is -2.41. The number of likely N-dealkylation sites (tertiary alicyclic amines) is 1. The zero-order valence-electron chi connectivity index (χ0n) is 14.1. The molecular weight excluding hydrogens is 288 g/mol. The molecule has 124 valence electrons. The number of hydrogen-bond acceptors (Lipinski definition) is 4. The van der Waals surface area contributed by atoms with Crippen LogP contribution in [0.5, 0.6) is 0 Å². The average molecular weight is 314 g/mol. The fourth-order valence-electron chi connectivity index (χ4n) is 3.30. The SMILES string of the molecule is CCC1(CO)CCN(Cc2nc(-c3ccccc3)oc2C)CC1. The summed E-state index contributed by atoms with van der Waals surface area (Å²) in [6.07, 6.45) is 3.17. The molecule has 1 aromatic heterocycles. The molecule has 0 radical (unpaired) electrons. The molecule has 1 fully saturated rings. The fraction of sp³-hybridized carbons (Fsp3) is 0.526. The number of aliphatic hydroxyl groups is 1. The number of nitrogens with zero attached hydrogens (tertiary/aromatic N) is 2. The Morgan fingerprint density at radius 1 is 1.22 bits per heavy atom. The van der Waals surface area contributed by atoms with Crippen LogP contribution in [-0.4, -0.2) is 34.7 Å². The molecule has 0 bridgehead atoms. The predicted molar refractivity (Wildman–Crippen MR) is 91.0 cm³/mol. The van der Waals surface area contributed by atoms with E-state index < -0.39 is 0 Å². The third kappa shape index (κ3) is 3.48. The van der Waals surface area contributed by atoms with Crippen LogP contribution in [0.1, 0.15) is 37.6 Å². The summed E-state index contributed by atoms with van der Waals surface area (Å²) in [7, 11) is 0. The van der Waals surface area contributed by atoms with Crippen molar-refractivity contribution in [3.05, 3.63) is 41.8 Å². The van der Waals surface area contributed by atoms with Gasteiger partial charge in [0.25, 0.3) is 0 Å². The summed E-state index contributed by atoms with van der Waals surface area (Å²) < 4.78 is 5.85. The predicted octanol–water partition coefficient (Wildman–Crippen LogP) is 3.63. The van der Waals surface area contributed by atoms with Crippen LogP contribution < -0.4 is 0 Å². The summed E-state index contributed by atoms with van der Waals surface area (Å²) >= 11 is 0. The second kappa shape index (κ2) is 6.85. The van der Waals surface area contributed by atoms with E-state index in [1.807, 2.05) is 37.3 Å². The molecule has 1 aliphatic heterocycles. The number of aryl methyl sites for hydroxylation is 1. The van der Waals surface area contributed by atoms with Crippen LogP contribution in [0.25, 0.3) is 11.5 Å². The van der Waals surface area contributed by atoms with Crippen LogP contribution >= 0.6 is 0 Å². The third-order valence-corrected chi connectivity index (χ3v) is 5.29. The van der Waals surface area contributed by atoms with E-state index in [-0.39, 0.29) is 5.41 Å². The molecule has 3 rings (SSSR count). The van der Waals surface area contributed by atoms with Gasteiger partial charge >= 0.3 is 0 Å². The molecule has 1 aromatic carbocycles. The Morgan fingerprint density at radius 2 is 1.91 bits per heavy atom. The minimum Gasteiger partial charge on any atom is -0.441 e. The van der Waals surface area contributed by atoms with Crippen molar-refractivity contribution < 1.29 is 9.52 Å². The van der Waals surface area contributed by atoms with Crippen LogP contribution in [-0.2, 0) is 6.54 Å². The van der Waals surface area contributed by atoms with Crippen molar-refractivity contribution >= 4 is 0 Å². The quantitative estimate of drug-likeness (QED) is 0.915. The summed E-state index contributed by atoms with van der Waals surface area (Å²) in [6, 6.07) is 10.0. The van der Waals surface area contributed by atoms with Crippen molar-refractivity contribution in [2.75, 3.05) is 19.7 Å². The Morgan fingerprint density at radius 3 is 2.52 bits per heavy atom. The Hall–Kier alpha value is -1.65. The Bertz CT molecular complexity index is 622. The molecule has 0 amide bonds. The lowest BCUT2D eigenvalue weighted by Gasteiger charge is -2.40. The maximum atomic E-state index is 9.65.